The molecule has 1 aromatic heterocycles. The molecule has 0 aliphatic heterocycles. The minimum Gasteiger partial charge on any atom is -0.273 e. The van der Waals surface area contributed by atoms with Gasteiger partial charge in [-0.1, -0.05) is 26.8 Å². The molecule has 1 aliphatic carbocycles. The van der Waals surface area contributed by atoms with Crippen LogP contribution >= 0.6 is 11.3 Å². The van der Waals surface area contributed by atoms with Crippen LogP contribution in [0.5, 0.6) is 0 Å². The van der Waals surface area contributed by atoms with Crippen LogP contribution in [0.2, 0.25) is 0 Å². The van der Waals surface area contributed by atoms with Crippen molar-refractivity contribution in [2.24, 2.45) is 11.3 Å². The van der Waals surface area contributed by atoms with Crippen LogP contribution < -0.4 is 10.3 Å². The summed E-state index contributed by atoms with van der Waals surface area (Å²) in [7, 11) is -3.95. The van der Waals surface area contributed by atoms with E-state index in [0.29, 0.717) is 10.8 Å². The van der Waals surface area contributed by atoms with Crippen LogP contribution in [0.25, 0.3) is 0 Å². The number of rotatable bonds is 4. The van der Waals surface area contributed by atoms with Crippen LogP contribution in [-0.2, 0) is 22.9 Å². The van der Waals surface area contributed by atoms with Crippen molar-refractivity contribution in [1.82, 2.24) is 10.3 Å². The van der Waals surface area contributed by atoms with Crippen molar-refractivity contribution >= 4 is 27.3 Å². The van der Waals surface area contributed by atoms with Crippen LogP contribution in [0, 0.1) is 22.7 Å². The van der Waals surface area contributed by atoms with E-state index in [1.54, 1.807) is 0 Å². The quantitative estimate of drug-likeness (QED) is 0.745. The van der Waals surface area contributed by atoms with Crippen LogP contribution in [0.3, 0.4) is 0 Å². The molecule has 1 heterocycles. The molecule has 0 saturated carbocycles. The van der Waals surface area contributed by atoms with E-state index in [1.807, 2.05) is 12.1 Å². The lowest BCUT2D eigenvalue weighted by Crippen LogP contribution is -2.41. The van der Waals surface area contributed by atoms with E-state index in [1.165, 1.54) is 46.0 Å². The molecule has 0 fully saturated rings. The molecule has 8 heteroatoms. The second kappa shape index (κ2) is 7.66. The first-order chi connectivity index (χ1) is 13.1. The van der Waals surface area contributed by atoms with Gasteiger partial charge in [-0.2, -0.15) is 5.26 Å². The summed E-state index contributed by atoms with van der Waals surface area (Å²) in [5.41, 5.74) is 3.91. The van der Waals surface area contributed by atoms with Gasteiger partial charge in [0.25, 0.3) is 15.9 Å². The lowest BCUT2D eigenvalue weighted by Gasteiger charge is -2.33. The maximum absolute atomic E-state index is 12.5. The zero-order chi connectivity index (χ0) is 20.5. The van der Waals surface area contributed by atoms with Gasteiger partial charge in [0.15, 0.2) is 0 Å². The predicted molar refractivity (Wildman–Crippen MR) is 108 cm³/mol. The highest BCUT2D eigenvalue weighted by Gasteiger charge is 2.30. The van der Waals surface area contributed by atoms with E-state index >= 15 is 0 Å². The highest BCUT2D eigenvalue weighted by molar-refractivity contribution is 7.89. The van der Waals surface area contributed by atoms with E-state index in [4.69, 9.17) is 5.26 Å². The van der Waals surface area contributed by atoms with E-state index < -0.39 is 15.9 Å². The summed E-state index contributed by atoms with van der Waals surface area (Å²) in [4.78, 5) is 16.2. The molecule has 1 atom stereocenters. The number of amides is 1. The monoisotopic (exact) mass is 417 g/mol. The number of thiophene rings is 1. The lowest BCUT2D eigenvalue weighted by molar-refractivity contribution is 0.0949. The van der Waals surface area contributed by atoms with Crippen molar-refractivity contribution < 1.29 is 13.2 Å². The molecule has 2 N–H and O–H groups in total. The van der Waals surface area contributed by atoms with E-state index in [0.717, 1.165) is 19.3 Å². The third-order valence-electron chi connectivity index (χ3n) is 5.10. The third kappa shape index (κ3) is 4.43. The van der Waals surface area contributed by atoms with Crippen molar-refractivity contribution in [2.75, 3.05) is 0 Å². The molecule has 148 valence electrons. The number of carbonyl (C=O) groups excluding carboxylic acids is 1. The minimum atomic E-state index is -3.95. The summed E-state index contributed by atoms with van der Waals surface area (Å²) in [5, 5.41) is 8.91. The Morgan fingerprint density at radius 2 is 2.04 bits per heavy atom. The fourth-order valence-electron chi connectivity index (χ4n) is 3.34. The summed E-state index contributed by atoms with van der Waals surface area (Å²) in [6.45, 7) is 6.70. The molecule has 2 aromatic rings. The summed E-state index contributed by atoms with van der Waals surface area (Å²) in [5.74, 6) is 0.0862. The van der Waals surface area contributed by atoms with Gasteiger partial charge in [-0.15, -0.1) is 16.2 Å². The van der Waals surface area contributed by atoms with Gasteiger partial charge >= 0.3 is 0 Å². The first kappa shape index (κ1) is 20.5. The number of carbonyl (C=O) groups is 1. The molecule has 0 radical (unpaired) electrons. The Morgan fingerprint density at radius 1 is 1.29 bits per heavy atom. The zero-order valence-electron chi connectivity index (χ0n) is 16.1. The highest BCUT2D eigenvalue weighted by atomic mass is 32.2. The number of nitrogens with zero attached hydrogens (tertiary/aromatic N) is 1. The molecule has 1 amide bonds. The van der Waals surface area contributed by atoms with Gasteiger partial charge in [-0.05, 0) is 60.4 Å². The molecule has 28 heavy (non-hydrogen) atoms. The van der Waals surface area contributed by atoms with Crippen LogP contribution in [-0.4, -0.2) is 14.3 Å². The average molecular weight is 418 g/mol. The molecule has 1 unspecified atom stereocenters. The molecular weight excluding hydrogens is 394 g/mol. The van der Waals surface area contributed by atoms with Gasteiger partial charge in [0.05, 0.1) is 21.4 Å². The van der Waals surface area contributed by atoms with Gasteiger partial charge < -0.3 is 0 Å². The summed E-state index contributed by atoms with van der Waals surface area (Å²) in [6, 6.07) is 9.38. The predicted octanol–water partition coefficient (Wildman–Crippen LogP) is 3.39. The van der Waals surface area contributed by atoms with E-state index in [9.17, 15) is 13.2 Å². The van der Waals surface area contributed by atoms with Crippen LogP contribution in [0.4, 0.5) is 0 Å². The number of aryl methyl sites for hydroxylation is 1. The topological polar surface area (TPSA) is 99.1 Å². The standard InChI is InChI=1S/C20H23N3O3S2/c1-20(2,3)15-7-8-17-14(10-15)11-18(27-17)19(24)22-23-28(25,26)16-6-4-5-13(9-16)12-21/h4-6,9,11,15,23H,7-8,10H2,1-3H3,(H,22,24). The highest BCUT2D eigenvalue weighted by Crippen LogP contribution is 2.40. The maximum Gasteiger partial charge on any atom is 0.276 e. The van der Waals surface area contributed by atoms with Crippen molar-refractivity contribution in [2.45, 2.75) is 44.9 Å². The number of sulfonamides is 1. The Bertz CT molecular complexity index is 1040. The molecule has 0 saturated heterocycles. The Kier molecular flexibility index (Phi) is 5.62. The molecule has 1 aromatic carbocycles. The van der Waals surface area contributed by atoms with Crippen molar-refractivity contribution in [3.63, 3.8) is 0 Å². The SMILES string of the molecule is CC(C)(C)C1CCc2sc(C(=O)NNS(=O)(=O)c3cccc(C#N)c3)cc2C1. The second-order valence-corrected chi connectivity index (χ2v) is 10.9. The van der Waals surface area contributed by atoms with Crippen molar-refractivity contribution in [1.29, 1.82) is 5.26 Å². The zero-order valence-corrected chi connectivity index (χ0v) is 17.7. The van der Waals surface area contributed by atoms with Crippen LogP contribution in [0.1, 0.15) is 52.9 Å². The van der Waals surface area contributed by atoms with Crippen molar-refractivity contribution in [3.05, 3.63) is 51.2 Å². The Morgan fingerprint density at radius 3 is 2.71 bits per heavy atom. The third-order valence-corrected chi connectivity index (χ3v) is 7.58. The fourth-order valence-corrected chi connectivity index (χ4v) is 5.33. The lowest BCUT2D eigenvalue weighted by atomic mass is 9.72. The fraction of sp³-hybridized carbons (Fsp3) is 0.400. The van der Waals surface area contributed by atoms with Gasteiger partial charge in [0.2, 0.25) is 0 Å². The number of hydrogen-bond acceptors (Lipinski definition) is 5. The summed E-state index contributed by atoms with van der Waals surface area (Å²) >= 11 is 1.42. The number of nitrogens with one attached hydrogen (secondary N) is 2. The number of benzene rings is 1. The minimum absolute atomic E-state index is 0.0784. The first-order valence-corrected chi connectivity index (χ1v) is 11.3. The summed E-state index contributed by atoms with van der Waals surface area (Å²) in [6.07, 6.45) is 2.98. The van der Waals surface area contributed by atoms with Gasteiger partial charge in [-0.25, -0.2) is 8.42 Å². The van der Waals surface area contributed by atoms with E-state index in [-0.39, 0.29) is 15.9 Å². The smallest absolute Gasteiger partial charge is 0.273 e. The normalized spacial score (nSPS) is 16.9. The number of fused-ring (bicyclic) bond motifs is 1. The van der Waals surface area contributed by atoms with Gasteiger partial charge in [-0.3, -0.25) is 10.2 Å². The molecule has 6 nitrogen and oxygen atoms in total. The number of hydrogen-bond donors (Lipinski definition) is 2. The Balaban J connectivity index is 1.69. The van der Waals surface area contributed by atoms with Crippen molar-refractivity contribution in [3.8, 4) is 6.07 Å². The molecular formula is C20H23N3O3S2. The molecule has 0 spiro atoms. The largest absolute Gasteiger partial charge is 0.276 e. The maximum atomic E-state index is 12.5. The molecule has 3 rings (SSSR count). The first-order valence-electron chi connectivity index (χ1n) is 9.04. The molecule has 1 aliphatic rings. The second-order valence-electron chi connectivity index (χ2n) is 8.06. The summed E-state index contributed by atoms with van der Waals surface area (Å²) < 4.78 is 24.7. The number of hydrazine groups is 1. The molecule has 0 bridgehead atoms. The van der Waals surface area contributed by atoms with Crippen LogP contribution in [0.15, 0.2) is 35.2 Å². The van der Waals surface area contributed by atoms with E-state index in [2.05, 4.69) is 31.0 Å². The van der Waals surface area contributed by atoms with Gasteiger partial charge in [0.1, 0.15) is 0 Å². The Labute approximate surface area is 169 Å². The Hall–Kier alpha value is -2.21. The number of nitriles is 1. The average Bonchev–Trinajstić information content (AvgIpc) is 3.09. The van der Waals surface area contributed by atoms with Gasteiger partial charge in [0, 0.05) is 4.88 Å².